The van der Waals surface area contributed by atoms with Gasteiger partial charge in [0.15, 0.2) is 12.1 Å². The van der Waals surface area contributed by atoms with Crippen LogP contribution in [-0.4, -0.2) is 57.1 Å². The van der Waals surface area contributed by atoms with Crippen molar-refractivity contribution in [2.24, 2.45) is 0 Å². The Bertz CT molecular complexity index is 323. The van der Waals surface area contributed by atoms with E-state index in [-0.39, 0.29) is 24.3 Å². The van der Waals surface area contributed by atoms with E-state index in [0.717, 1.165) is 0 Å². The topological polar surface area (TPSA) is 78.1 Å². The van der Waals surface area contributed by atoms with Gasteiger partial charge in [-0.3, -0.25) is 0 Å². The van der Waals surface area contributed by atoms with E-state index < -0.39 is 12.1 Å². The Morgan fingerprint density at radius 1 is 1.44 bits per heavy atom. The zero-order chi connectivity index (χ0) is 13.3. The number of rotatable bonds is 2. The SMILES string of the molecule is CNC(=O)NC1C(OC)OC2COC(C)(C)OC21. The lowest BCUT2D eigenvalue weighted by molar-refractivity contribution is -0.296. The van der Waals surface area contributed by atoms with Gasteiger partial charge in [-0.05, 0) is 13.8 Å². The van der Waals surface area contributed by atoms with Crippen molar-refractivity contribution >= 4 is 6.03 Å². The molecule has 2 N–H and O–H groups in total. The van der Waals surface area contributed by atoms with Crippen molar-refractivity contribution in [2.75, 3.05) is 20.8 Å². The molecule has 2 aliphatic heterocycles. The molecule has 2 heterocycles. The van der Waals surface area contributed by atoms with Crippen LogP contribution in [0.4, 0.5) is 4.79 Å². The minimum absolute atomic E-state index is 0.231. The van der Waals surface area contributed by atoms with Crippen LogP contribution in [0.25, 0.3) is 0 Å². The molecule has 2 aliphatic rings. The molecule has 0 spiro atoms. The van der Waals surface area contributed by atoms with Crippen LogP contribution in [0.2, 0.25) is 0 Å². The van der Waals surface area contributed by atoms with Gasteiger partial charge in [0.25, 0.3) is 0 Å². The van der Waals surface area contributed by atoms with Gasteiger partial charge in [0.1, 0.15) is 18.2 Å². The predicted molar refractivity (Wildman–Crippen MR) is 62.0 cm³/mol. The third-order valence-corrected chi connectivity index (χ3v) is 3.09. The monoisotopic (exact) mass is 260 g/mol. The van der Waals surface area contributed by atoms with Crippen molar-refractivity contribution in [3.05, 3.63) is 0 Å². The molecule has 0 aromatic carbocycles. The fourth-order valence-electron chi connectivity index (χ4n) is 2.22. The molecule has 0 radical (unpaired) electrons. The van der Waals surface area contributed by atoms with Crippen LogP contribution in [0.5, 0.6) is 0 Å². The molecule has 7 nitrogen and oxygen atoms in total. The summed E-state index contributed by atoms with van der Waals surface area (Å²) in [6, 6.07) is -0.651. The lowest BCUT2D eigenvalue weighted by Crippen LogP contribution is -2.56. The van der Waals surface area contributed by atoms with Gasteiger partial charge in [-0.2, -0.15) is 0 Å². The molecule has 0 saturated carbocycles. The Kier molecular flexibility index (Phi) is 3.76. The highest BCUT2D eigenvalue weighted by atomic mass is 16.8. The summed E-state index contributed by atoms with van der Waals surface area (Å²) in [4.78, 5) is 11.4. The summed E-state index contributed by atoms with van der Waals surface area (Å²) in [5.74, 6) is -0.685. The molecule has 2 saturated heterocycles. The summed E-state index contributed by atoms with van der Waals surface area (Å²) in [5, 5.41) is 5.29. The smallest absolute Gasteiger partial charge is 0.315 e. The van der Waals surface area contributed by atoms with E-state index in [2.05, 4.69) is 10.6 Å². The van der Waals surface area contributed by atoms with Crippen molar-refractivity contribution < 1.29 is 23.7 Å². The lowest BCUT2D eigenvalue weighted by atomic mass is 10.1. The highest BCUT2D eigenvalue weighted by Crippen LogP contribution is 2.33. The molecule has 0 bridgehead atoms. The van der Waals surface area contributed by atoms with E-state index in [1.54, 1.807) is 7.05 Å². The molecule has 2 amide bonds. The first-order valence-corrected chi connectivity index (χ1v) is 5.95. The zero-order valence-corrected chi connectivity index (χ0v) is 11.1. The second-order valence-corrected chi connectivity index (χ2v) is 4.82. The van der Waals surface area contributed by atoms with Crippen molar-refractivity contribution in [1.29, 1.82) is 0 Å². The van der Waals surface area contributed by atoms with Gasteiger partial charge < -0.3 is 29.6 Å². The number of urea groups is 1. The highest BCUT2D eigenvalue weighted by molar-refractivity contribution is 5.74. The summed E-state index contributed by atoms with van der Waals surface area (Å²) in [7, 11) is 3.09. The number of fused-ring (bicyclic) bond motifs is 1. The Morgan fingerprint density at radius 2 is 2.17 bits per heavy atom. The summed E-state index contributed by atoms with van der Waals surface area (Å²) < 4.78 is 22.2. The standard InChI is InChI=1S/C11H20N2O5/c1-11(2)16-5-6-8(18-11)7(9(15-4)17-6)13-10(14)12-3/h6-9H,5H2,1-4H3,(H2,12,13,14). The van der Waals surface area contributed by atoms with Crippen LogP contribution in [0.15, 0.2) is 0 Å². The summed E-state index contributed by atoms with van der Waals surface area (Å²) in [5.41, 5.74) is 0. The number of carbonyl (C=O) groups is 1. The van der Waals surface area contributed by atoms with Gasteiger partial charge in [-0.25, -0.2) is 4.79 Å². The number of carbonyl (C=O) groups excluding carboxylic acids is 1. The summed E-state index contributed by atoms with van der Waals surface area (Å²) in [6.07, 6.45) is -1.05. The number of hydrogen-bond donors (Lipinski definition) is 2. The fraction of sp³-hybridized carbons (Fsp3) is 0.909. The third kappa shape index (κ3) is 2.59. The molecular formula is C11H20N2O5. The lowest BCUT2D eigenvalue weighted by Gasteiger charge is -2.38. The second kappa shape index (κ2) is 5.00. The van der Waals surface area contributed by atoms with Crippen LogP contribution in [0.1, 0.15) is 13.8 Å². The highest BCUT2D eigenvalue weighted by Gasteiger charge is 2.51. The molecule has 0 aliphatic carbocycles. The number of nitrogens with one attached hydrogen (secondary N) is 2. The van der Waals surface area contributed by atoms with Crippen molar-refractivity contribution in [1.82, 2.24) is 10.6 Å². The van der Waals surface area contributed by atoms with Crippen molar-refractivity contribution in [3.8, 4) is 0 Å². The Labute approximate surface area is 106 Å². The van der Waals surface area contributed by atoms with Gasteiger partial charge in [0.2, 0.25) is 0 Å². The van der Waals surface area contributed by atoms with Gasteiger partial charge >= 0.3 is 6.03 Å². The van der Waals surface area contributed by atoms with Gasteiger partial charge in [-0.1, -0.05) is 0 Å². The minimum atomic E-state index is -0.685. The molecule has 104 valence electrons. The Morgan fingerprint density at radius 3 is 2.78 bits per heavy atom. The summed E-state index contributed by atoms with van der Waals surface area (Å²) in [6.45, 7) is 4.09. The maximum Gasteiger partial charge on any atom is 0.315 e. The Balaban J connectivity index is 2.10. The molecule has 2 fully saturated rings. The van der Waals surface area contributed by atoms with E-state index in [9.17, 15) is 4.79 Å². The number of methoxy groups -OCH3 is 1. The van der Waals surface area contributed by atoms with E-state index in [4.69, 9.17) is 18.9 Å². The molecule has 4 atom stereocenters. The quantitative estimate of drug-likeness (QED) is 0.719. The van der Waals surface area contributed by atoms with Gasteiger partial charge in [0.05, 0.1) is 6.61 Å². The molecule has 0 aromatic heterocycles. The number of ether oxygens (including phenoxy) is 4. The average molecular weight is 260 g/mol. The predicted octanol–water partition coefficient (Wildman–Crippen LogP) is -0.193. The van der Waals surface area contributed by atoms with Crippen LogP contribution in [-0.2, 0) is 18.9 Å². The van der Waals surface area contributed by atoms with Gasteiger partial charge in [-0.15, -0.1) is 0 Å². The van der Waals surface area contributed by atoms with E-state index in [1.807, 2.05) is 13.8 Å². The molecule has 4 unspecified atom stereocenters. The summed E-state index contributed by atoms with van der Waals surface area (Å²) >= 11 is 0. The maximum atomic E-state index is 11.4. The first-order valence-electron chi connectivity index (χ1n) is 5.95. The van der Waals surface area contributed by atoms with Crippen LogP contribution in [0, 0.1) is 0 Å². The average Bonchev–Trinajstić information content (AvgIpc) is 2.65. The first-order chi connectivity index (χ1) is 8.46. The molecule has 18 heavy (non-hydrogen) atoms. The molecule has 7 heteroatoms. The van der Waals surface area contributed by atoms with Crippen LogP contribution in [0.3, 0.4) is 0 Å². The second-order valence-electron chi connectivity index (χ2n) is 4.82. The Hall–Kier alpha value is -0.890. The van der Waals surface area contributed by atoms with Crippen LogP contribution >= 0.6 is 0 Å². The van der Waals surface area contributed by atoms with E-state index in [1.165, 1.54) is 7.11 Å². The van der Waals surface area contributed by atoms with E-state index in [0.29, 0.717) is 6.61 Å². The zero-order valence-electron chi connectivity index (χ0n) is 11.1. The third-order valence-electron chi connectivity index (χ3n) is 3.09. The number of amides is 2. The van der Waals surface area contributed by atoms with Crippen LogP contribution < -0.4 is 10.6 Å². The van der Waals surface area contributed by atoms with Crippen molar-refractivity contribution in [2.45, 2.75) is 44.2 Å². The fourth-order valence-corrected chi connectivity index (χ4v) is 2.22. The number of hydrogen-bond acceptors (Lipinski definition) is 5. The molecular weight excluding hydrogens is 240 g/mol. The van der Waals surface area contributed by atoms with Crippen molar-refractivity contribution in [3.63, 3.8) is 0 Å². The largest absolute Gasteiger partial charge is 0.354 e. The first kappa shape index (κ1) is 13.5. The molecule has 0 aromatic rings. The maximum absolute atomic E-state index is 11.4. The van der Waals surface area contributed by atoms with Gasteiger partial charge in [0, 0.05) is 14.2 Å². The molecule has 2 rings (SSSR count). The minimum Gasteiger partial charge on any atom is -0.354 e. The normalized spacial score (nSPS) is 38.0. The van der Waals surface area contributed by atoms with E-state index >= 15 is 0 Å².